The van der Waals surface area contributed by atoms with E-state index in [1.165, 1.54) is 19.3 Å². The number of esters is 1. The van der Waals surface area contributed by atoms with Crippen molar-refractivity contribution in [1.82, 2.24) is 0 Å². The minimum absolute atomic E-state index is 0.0995. The number of rotatable bonds is 10. The molecule has 1 atom stereocenters. The summed E-state index contributed by atoms with van der Waals surface area (Å²) in [5, 5.41) is 8.38. The van der Waals surface area contributed by atoms with E-state index >= 15 is 0 Å². The van der Waals surface area contributed by atoms with Gasteiger partial charge in [-0.25, -0.2) is 9.59 Å². The molecule has 18 heavy (non-hydrogen) atoms. The van der Waals surface area contributed by atoms with Gasteiger partial charge in [0.05, 0.1) is 0 Å². The number of aliphatic carboxylic acids is 1. The van der Waals surface area contributed by atoms with Crippen molar-refractivity contribution in [2.24, 2.45) is 0 Å². The molecule has 0 aromatic heterocycles. The Balaban J connectivity index is 3.81. The lowest BCUT2D eigenvalue weighted by atomic mass is 10.1. The number of carboxylic acids is 1. The first-order chi connectivity index (χ1) is 8.60. The summed E-state index contributed by atoms with van der Waals surface area (Å²) in [6, 6.07) is 0. The third-order valence-corrected chi connectivity index (χ3v) is 2.73. The molecule has 1 unspecified atom stereocenters. The van der Waals surface area contributed by atoms with Gasteiger partial charge in [-0.15, -0.1) is 0 Å². The number of carbonyl (C=O) groups excluding carboxylic acids is 1. The molecule has 0 fully saturated rings. The average Bonchev–Trinajstić information content (AvgIpc) is 2.34. The number of carboxylic acid groups (broad SMARTS) is 1. The van der Waals surface area contributed by atoms with E-state index in [9.17, 15) is 9.59 Å². The molecule has 0 aliphatic carbocycles. The molecule has 0 aromatic rings. The topological polar surface area (TPSA) is 63.6 Å². The molecule has 1 N–H and O–H groups in total. The molecule has 0 heterocycles. The molecule has 0 aromatic carbocycles. The maximum atomic E-state index is 11.3. The van der Waals surface area contributed by atoms with Crippen molar-refractivity contribution in [3.8, 4) is 0 Å². The fourth-order valence-electron chi connectivity index (χ4n) is 1.66. The van der Waals surface area contributed by atoms with Crippen LogP contribution in [0.4, 0.5) is 0 Å². The standard InChI is InChI=1S/C14H24O4/c1-3-5-6-7-8-9-12(4-2)18-14(17)11-10-13(15)16/h10-12H,3-9H2,1-2H3,(H,15,16)/b11-10+. The molecule has 0 rings (SSSR count). The van der Waals surface area contributed by atoms with Crippen LogP contribution in [-0.4, -0.2) is 23.1 Å². The van der Waals surface area contributed by atoms with Crippen LogP contribution >= 0.6 is 0 Å². The summed E-state index contributed by atoms with van der Waals surface area (Å²) in [5.41, 5.74) is 0. The van der Waals surface area contributed by atoms with Gasteiger partial charge in [-0.1, -0.05) is 39.5 Å². The molecule has 0 saturated carbocycles. The van der Waals surface area contributed by atoms with Crippen LogP contribution in [0, 0.1) is 0 Å². The van der Waals surface area contributed by atoms with Gasteiger partial charge in [0.25, 0.3) is 0 Å². The quantitative estimate of drug-likeness (QED) is 0.370. The van der Waals surface area contributed by atoms with Crippen molar-refractivity contribution in [3.05, 3.63) is 12.2 Å². The highest BCUT2D eigenvalue weighted by atomic mass is 16.5. The molecule has 0 aliphatic heterocycles. The average molecular weight is 256 g/mol. The maximum absolute atomic E-state index is 11.3. The number of carbonyl (C=O) groups is 2. The van der Waals surface area contributed by atoms with Crippen LogP contribution in [0.15, 0.2) is 12.2 Å². The lowest BCUT2D eigenvalue weighted by Crippen LogP contribution is -2.16. The van der Waals surface area contributed by atoms with E-state index in [4.69, 9.17) is 9.84 Å². The number of unbranched alkanes of at least 4 members (excludes halogenated alkanes) is 4. The second-order valence-corrected chi connectivity index (χ2v) is 4.34. The molecule has 0 aliphatic rings. The molecule has 0 bridgehead atoms. The summed E-state index contributed by atoms with van der Waals surface area (Å²) in [4.78, 5) is 21.5. The summed E-state index contributed by atoms with van der Waals surface area (Å²) < 4.78 is 5.17. The van der Waals surface area contributed by atoms with Crippen LogP contribution in [-0.2, 0) is 14.3 Å². The van der Waals surface area contributed by atoms with Crippen molar-refractivity contribution >= 4 is 11.9 Å². The van der Waals surface area contributed by atoms with Crippen LogP contribution in [0.3, 0.4) is 0 Å². The van der Waals surface area contributed by atoms with Crippen LogP contribution in [0.25, 0.3) is 0 Å². The predicted molar refractivity (Wildman–Crippen MR) is 70.3 cm³/mol. The minimum Gasteiger partial charge on any atom is -0.478 e. The fraction of sp³-hybridized carbons (Fsp3) is 0.714. The molecule has 104 valence electrons. The summed E-state index contributed by atoms with van der Waals surface area (Å²) in [7, 11) is 0. The molecule has 4 heteroatoms. The summed E-state index contributed by atoms with van der Waals surface area (Å²) >= 11 is 0. The lowest BCUT2D eigenvalue weighted by molar-refractivity contribution is -0.144. The highest BCUT2D eigenvalue weighted by Crippen LogP contribution is 2.12. The van der Waals surface area contributed by atoms with Gasteiger partial charge in [0.2, 0.25) is 0 Å². The first kappa shape index (κ1) is 16.7. The SMILES string of the molecule is CCCCCCCC(CC)OC(=O)/C=C/C(=O)O. The van der Waals surface area contributed by atoms with Crippen molar-refractivity contribution in [3.63, 3.8) is 0 Å². The van der Waals surface area contributed by atoms with Crippen LogP contribution < -0.4 is 0 Å². The Hall–Kier alpha value is -1.32. The molecule has 0 spiro atoms. The predicted octanol–water partition coefficient (Wildman–Crippen LogP) is 3.31. The minimum atomic E-state index is -1.14. The first-order valence-corrected chi connectivity index (χ1v) is 6.71. The van der Waals surface area contributed by atoms with Crippen LogP contribution in [0.2, 0.25) is 0 Å². The van der Waals surface area contributed by atoms with Gasteiger partial charge in [-0.3, -0.25) is 0 Å². The van der Waals surface area contributed by atoms with E-state index in [2.05, 4.69) is 6.92 Å². The summed E-state index contributed by atoms with van der Waals surface area (Å²) in [5.74, 6) is -1.71. The second kappa shape index (κ2) is 10.8. The lowest BCUT2D eigenvalue weighted by Gasteiger charge is -2.14. The van der Waals surface area contributed by atoms with Gasteiger partial charge in [0.15, 0.2) is 0 Å². The smallest absolute Gasteiger partial charge is 0.331 e. The Labute approximate surface area is 109 Å². The largest absolute Gasteiger partial charge is 0.478 e. The summed E-state index contributed by atoms with van der Waals surface area (Å²) in [6.07, 6.45) is 9.18. The Morgan fingerprint density at radius 2 is 1.78 bits per heavy atom. The zero-order valence-corrected chi connectivity index (χ0v) is 11.4. The normalized spacial score (nSPS) is 12.6. The van der Waals surface area contributed by atoms with E-state index < -0.39 is 11.9 Å². The van der Waals surface area contributed by atoms with Crippen LogP contribution in [0.1, 0.15) is 58.8 Å². The van der Waals surface area contributed by atoms with Crippen molar-refractivity contribution in [2.75, 3.05) is 0 Å². The van der Waals surface area contributed by atoms with E-state index in [1.54, 1.807) is 0 Å². The van der Waals surface area contributed by atoms with Crippen molar-refractivity contribution in [1.29, 1.82) is 0 Å². The molecule has 0 saturated heterocycles. The van der Waals surface area contributed by atoms with Crippen molar-refractivity contribution in [2.45, 2.75) is 64.9 Å². The molecule has 0 amide bonds. The number of hydrogen-bond acceptors (Lipinski definition) is 3. The Bertz CT molecular complexity index is 271. The van der Waals surface area contributed by atoms with E-state index in [0.717, 1.165) is 37.8 Å². The van der Waals surface area contributed by atoms with Crippen molar-refractivity contribution < 1.29 is 19.4 Å². The Morgan fingerprint density at radius 3 is 2.33 bits per heavy atom. The van der Waals surface area contributed by atoms with Gasteiger partial charge < -0.3 is 9.84 Å². The fourth-order valence-corrected chi connectivity index (χ4v) is 1.66. The van der Waals surface area contributed by atoms with E-state index in [0.29, 0.717) is 0 Å². The van der Waals surface area contributed by atoms with E-state index in [-0.39, 0.29) is 6.10 Å². The van der Waals surface area contributed by atoms with Gasteiger partial charge in [0.1, 0.15) is 6.10 Å². The highest BCUT2D eigenvalue weighted by molar-refractivity contribution is 5.90. The van der Waals surface area contributed by atoms with Gasteiger partial charge in [0, 0.05) is 12.2 Å². The first-order valence-electron chi connectivity index (χ1n) is 6.71. The molecular formula is C14H24O4. The molecular weight excluding hydrogens is 232 g/mol. The summed E-state index contributed by atoms with van der Waals surface area (Å²) in [6.45, 7) is 4.14. The zero-order valence-electron chi connectivity index (χ0n) is 11.4. The zero-order chi connectivity index (χ0) is 13.8. The highest BCUT2D eigenvalue weighted by Gasteiger charge is 2.10. The molecule has 4 nitrogen and oxygen atoms in total. The van der Waals surface area contributed by atoms with Gasteiger partial charge in [-0.2, -0.15) is 0 Å². The Kier molecular flexibility index (Phi) is 10.0. The van der Waals surface area contributed by atoms with Gasteiger partial charge in [-0.05, 0) is 19.3 Å². The third-order valence-electron chi connectivity index (χ3n) is 2.73. The monoisotopic (exact) mass is 256 g/mol. The number of hydrogen-bond donors (Lipinski definition) is 1. The van der Waals surface area contributed by atoms with E-state index in [1.807, 2.05) is 6.92 Å². The second-order valence-electron chi connectivity index (χ2n) is 4.34. The maximum Gasteiger partial charge on any atom is 0.331 e. The Morgan fingerprint density at radius 1 is 1.11 bits per heavy atom. The van der Waals surface area contributed by atoms with Crippen LogP contribution in [0.5, 0.6) is 0 Å². The number of ether oxygens (including phenoxy) is 1. The van der Waals surface area contributed by atoms with Gasteiger partial charge >= 0.3 is 11.9 Å². The third kappa shape index (κ3) is 9.87. The molecule has 0 radical (unpaired) electrons.